The van der Waals surface area contributed by atoms with Gasteiger partial charge in [-0.3, -0.25) is 4.79 Å². The Hall–Kier alpha value is -1.61. The molecule has 2 fully saturated rings. The van der Waals surface area contributed by atoms with Crippen molar-refractivity contribution in [2.45, 2.75) is 0 Å². The monoisotopic (exact) mass is 451 g/mol. The van der Waals surface area contributed by atoms with E-state index in [2.05, 4.69) is 43.2 Å². The minimum Gasteiger partial charge on any atom is -0.378 e. The molecule has 1 aromatic carbocycles. The van der Waals surface area contributed by atoms with Gasteiger partial charge < -0.3 is 24.6 Å². The van der Waals surface area contributed by atoms with Crippen LogP contribution >= 0.6 is 27.3 Å². The zero-order chi connectivity index (χ0) is 18.6. The molecule has 2 saturated heterocycles. The summed E-state index contributed by atoms with van der Waals surface area (Å²) in [5, 5.41) is 5.00. The van der Waals surface area contributed by atoms with E-state index in [-0.39, 0.29) is 5.91 Å². The Morgan fingerprint density at radius 3 is 2.30 bits per heavy atom. The number of nitrogens with zero attached hydrogens (tertiary/aromatic N) is 2. The van der Waals surface area contributed by atoms with Gasteiger partial charge in [-0.15, -0.1) is 11.3 Å². The van der Waals surface area contributed by atoms with Crippen molar-refractivity contribution in [1.82, 2.24) is 0 Å². The van der Waals surface area contributed by atoms with Gasteiger partial charge in [0.05, 0.1) is 37.8 Å². The fourth-order valence-electron chi connectivity index (χ4n) is 3.34. The van der Waals surface area contributed by atoms with Gasteiger partial charge in [-0.25, -0.2) is 0 Å². The number of nitrogens with one attached hydrogen (secondary N) is 1. The largest absolute Gasteiger partial charge is 0.378 e. The molecule has 0 aliphatic carbocycles. The molecule has 1 aromatic heterocycles. The van der Waals surface area contributed by atoms with Crippen molar-refractivity contribution in [3.05, 3.63) is 39.0 Å². The average molecular weight is 452 g/mol. The second-order valence-corrected chi connectivity index (χ2v) is 8.22. The number of benzene rings is 1. The Bertz CT molecular complexity index is 801. The molecule has 6 nitrogen and oxygen atoms in total. The van der Waals surface area contributed by atoms with Crippen molar-refractivity contribution in [3.8, 4) is 0 Å². The second kappa shape index (κ2) is 8.60. The smallest absolute Gasteiger partial charge is 0.266 e. The van der Waals surface area contributed by atoms with Crippen LogP contribution in [-0.2, 0) is 9.47 Å². The van der Waals surface area contributed by atoms with Gasteiger partial charge in [0.1, 0.15) is 4.88 Å². The van der Waals surface area contributed by atoms with Crippen LogP contribution < -0.4 is 15.1 Å². The molecule has 3 heterocycles. The molecule has 2 aliphatic rings. The fourth-order valence-corrected chi connectivity index (χ4v) is 4.79. The molecule has 4 rings (SSSR count). The van der Waals surface area contributed by atoms with E-state index in [1.165, 1.54) is 11.3 Å². The van der Waals surface area contributed by atoms with Crippen LogP contribution in [0.3, 0.4) is 0 Å². The Balaban J connectivity index is 1.62. The van der Waals surface area contributed by atoms with E-state index in [0.717, 1.165) is 60.9 Å². The number of morpholine rings is 2. The molecular weight excluding hydrogens is 430 g/mol. The highest BCUT2D eigenvalue weighted by Gasteiger charge is 2.20. The summed E-state index contributed by atoms with van der Waals surface area (Å²) in [5.41, 5.74) is 3.04. The van der Waals surface area contributed by atoms with Gasteiger partial charge in [0.2, 0.25) is 0 Å². The predicted octanol–water partition coefficient (Wildman–Crippen LogP) is 3.44. The molecule has 0 radical (unpaired) electrons. The summed E-state index contributed by atoms with van der Waals surface area (Å²) in [6.07, 6.45) is 0. The number of hydrogen-bond acceptors (Lipinski definition) is 6. The first kappa shape index (κ1) is 18.7. The van der Waals surface area contributed by atoms with Crippen LogP contribution in [0.1, 0.15) is 9.67 Å². The first-order chi connectivity index (χ1) is 13.2. The Kier molecular flexibility index (Phi) is 5.97. The molecular formula is C19H22BrN3O3S. The number of ether oxygens (including phenoxy) is 2. The SMILES string of the molecule is O=C(Nc1ccc(N2CCOCC2)cc1N1CCOCC1)c1sccc1Br. The highest BCUT2D eigenvalue weighted by atomic mass is 79.9. The first-order valence-corrected chi connectivity index (χ1v) is 10.7. The lowest BCUT2D eigenvalue weighted by Gasteiger charge is -2.33. The van der Waals surface area contributed by atoms with Crippen LogP contribution in [0.25, 0.3) is 0 Å². The molecule has 0 bridgehead atoms. The van der Waals surface area contributed by atoms with Gasteiger partial charge in [0.25, 0.3) is 5.91 Å². The minimum absolute atomic E-state index is 0.0921. The van der Waals surface area contributed by atoms with Crippen molar-refractivity contribution in [1.29, 1.82) is 0 Å². The molecule has 1 amide bonds. The highest BCUT2D eigenvalue weighted by Crippen LogP contribution is 2.33. The summed E-state index contributed by atoms with van der Waals surface area (Å²) >= 11 is 4.87. The molecule has 8 heteroatoms. The van der Waals surface area contributed by atoms with Crippen LogP contribution in [0.15, 0.2) is 34.1 Å². The van der Waals surface area contributed by atoms with Crippen LogP contribution in [0.4, 0.5) is 17.1 Å². The second-order valence-electron chi connectivity index (χ2n) is 6.45. The van der Waals surface area contributed by atoms with E-state index >= 15 is 0 Å². The number of amides is 1. The zero-order valence-electron chi connectivity index (χ0n) is 14.9. The van der Waals surface area contributed by atoms with Crippen molar-refractivity contribution in [2.24, 2.45) is 0 Å². The van der Waals surface area contributed by atoms with E-state index in [9.17, 15) is 4.79 Å². The third kappa shape index (κ3) is 4.29. The average Bonchev–Trinajstić information content (AvgIpc) is 3.16. The van der Waals surface area contributed by atoms with Crippen LogP contribution in [0.2, 0.25) is 0 Å². The lowest BCUT2D eigenvalue weighted by Crippen LogP contribution is -2.38. The number of carbonyl (C=O) groups is 1. The summed E-state index contributed by atoms with van der Waals surface area (Å²) in [5.74, 6) is -0.0921. The van der Waals surface area contributed by atoms with Crippen molar-refractivity contribution in [2.75, 3.05) is 67.7 Å². The molecule has 1 N–H and O–H groups in total. The Morgan fingerprint density at radius 2 is 1.67 bits per heavy atom. The predicted molar refractivity (Wildman–Crippen MR) is 112 cm³/mol. The number of halogens is 1. The van der Waals surface area contributed by atoms with E-state index in [1.807, 2.05) is 17.5 Å². The minimum atomic E-state index is -0.0921. The third-order valence-electron chi connectivity index (χ3n) is 4.78. The van der Waals surface area contributed by atoms with Gasteiger partial charge in [-0.1, -0.05) is 0 Å². The number of anilines is 3. The van der Waals surface area contributed by atoms with Gasteiger partial charge in [0.15, 0.2) is 0 Å². The van der Waals surface area contributed by atoms with Crippen molar-refractivity contribution >= 4 is 50.2 Å². The third-order valence-corrected chi connectivity index (χ3v) is 6.62. The maximum absolute atomic E-state index is 12.7. The van der Waals surface area contributed by atoms with E-state index in [4.69, 9.17) is 9.47 Å². The van der Waals surface area contributed by atoms with Gasteiger partial charge in [0, 0.05) is 36.3 Å². The lowest BCUT2D eigenvalue weighted by atomic mass is 10.1. The number of thiophene rings is 1. The van der Waals surface area contributed by atoms with Crippen LogP contribution in [-0.4, -0.2) is 58.5 Å². The maximum atomic E-state index is 12.7. The highest BCUT2D eigenvalue weighted by molar-refractivity contribution is 9.10. The number of carbonyl (C=O) groups excluding carboxylic acids is 1. The van der Waals surface area contributed by atoms with Gasteiger partial charge in [-0.2, -0.15) is 0 Å². The maximum Gasteiger partial charge on any atom is 0.266 e. The van der Waals surface area contributed by atoms with Crippen molar-refractivity contribution < 1.29 is 14.3 Å². The first-order valence-electron chi connectivity index (χ1n) is 9.06. The normalized spacial score (nSPS) is 17.8. The molecule has 0 spiro atoms. The molecule has 0 unspecified atom stereocenters. The zero-order valence-corrected chi connectivity index (χ0v) is 17.4. The van der Waals surface area contributed by atoms with E-state index < -0.39 is 0 Å². The summed E-state index contributed by atoms with van der Waals surface area (Å²) < 4.78 is 11.8. The van der Waals surface area contributed by atoms with Crippen LogP contribution in [0.5, 0.6) is 0 Å². The van der Waals surface area contributed by atoms with E-state index in [1.54, 1.807) is 0 Å². The Morgan fingerprint density at radius 1 is 1.00 bits per heavy atom. The molecule has 144 valence electrons. The summed E-state index contributed by atoms with van der Waals surface area (Å²) in [6.45, 7) is 6.30. The van der Waals surface area contributed by atoms with Gasteiger partial charge >= 0.3 is 0 Å². The Labute approximate surface area is 171 Å². The van der Waals surface area contributed by atoms with Gasteiger partial charge in [-0.05, 0) is 45.6 Å². The van der Waals surface area contributed by atoms with Crippen LogP contribution in [0, 0.1) is 0 Å². The number of rotatable bonds is 4. The fraction of sp³-hybridized carbons (Fsp3) is 0.421. The standard InChI is InChI=1S/C19H22BrN3O3S/c20-15-3-12-27-18(15)19(24)21-16-2-1-14(22-4-8-25-9-5-22)13-17(16)23-6-10-26-11-7-23/h1-3,12-13H,4-11H2,(H,21,24). The topological polar surface area (TPSA) is 54.0 Å². The molecule has 2 aromatic rings. The molecule has 27 heavy (non-hydrogen) atoms. The quantitative estimate of drug-likeness (QED) is 0.771. The summed E-state index contributed by atoms with van der Waals surface area (Å²) in [7, 11) is 0. The molecule has 0 atom stereocenters. The molecule has 2 aliphatic heterocycles. The number of hydrogen-bond donors (Lipinski definition) is 1. The van der Waals surface area contributed by atoms with E-state index in [0.29, 0.717) is 18.1 Å². The lowest BCUT2D eigenvalue weighted by molar-refractivity contribution is 0.103. The molecule has 0 saturated carbocycles. The summed E-state index contributed by atoms with van der Waals surface area (Å²) in [6, 6.07) is 8.16. The van der Waals surface area contributed by atoms with Crippen molar-refractivity contribution in [3.63, 3.8) is 0 Å². The summed E-state index contributed by atoms with van der Waals surface area (Å²) in [4.78, 5) is 18.0.